The Bertz CT molecular complexity index is 993. The summed E-state index contributed by atoms with van der Waals surface area (Å²) in [5, 5.41) is 11.4. The zero-order valence-corrected chi connectivity index (χ0v) is 17.0. The van der Waals surface area contributed by atoms with Crippen molar-refractivity contribution in [2.75, 3.05) is 19.7 Å². The highest BCUT2D eigenvalue weighted by atomic mass is 19.3. The van der Waals surface area contributed by atoms with Crippen molar-refractivity contribution in [1.82, 2.24) is 10.2 Å². The number of alkyl carbamates (subject to hydrolysis) is 1. The zero-order chi connectivity index (χ0) is 22.8. The number of nitrogens with zero attached hydrogens (tertiary/aromatic N) is 1. The van der Waals surface area contributed by atoms with Crippen LogP contribution in [0.3, 0.4) is 0 Å². The molecule has 0 aromatic heterocycles. The minimum Gasteiger partial charge on any atom is -0.481 e. The summed E-state index contributed by atoms with van der Waals surface area (Å²) >= 11 is 0. The van der Waals surface area contributed by atoms with Gasteiger partial charge in [0.05, 0.1) is 12.3 Å². The highest BCUT2D eigenvalue weighted by Gasteiger charge is 2.40. The van der Waals surface area contributed by atoms with E-state index in [1.54, 1.807) is 0 Å². The first kappa shape index (κ1) is 21.7. The van der Waals surface area contributed by atoms with Crippen molar-refractivity contribution in [2.45, 2.75) is 24.8 Å². The first-order valence-electron chi connectivity index (χ1n) is 10.3. The van der Waals surface area contributed by atoms with E-state index in [-0.39, 0.29) is 25.6 Å². The van der Waals surface area contributed by atoms with E-state index in [2.05, 4.69) is 5.32 Å². The van der Waals surface area contributed by atoms with Gasteiger partial charge in [0, 0.05) is 19.0 Å². The number of fused-ring (bicyclic) bond motifs is 3. The lowest BCUT2D eigenvalue weighted by atomic mass is 9.98. The van der Waals surface area contributed by atoms with Crippen LogP contribution in [0.25, 0.3) is 11.1 Å². The molecule has 2 N–H and O–H groups in total. The van der Waals surface area contributed by atoms with Crippen molar-refractivity contribution >= 4 is 18.0 Å². The minimum atomic E-state index is -2.55. The van der Waals surface area contributed by atoms with Crippen molar-refractivity contribution in [3.63, 3.8) is 0 Å². The van der Waals surface area contributed by atoms with Gasteiger partial charge >= 0.3 is 12.1 Å². The van der Waals surface area contributed by atoms with E-state index in [1.807, 2.05) is 48.5 Å². The molecule has 0 radical (unpaired) electrons. The van der Waals surface area contributed by atoms with Gasteiger partial charge in [0.25, 0.3) is 0 Å². The van der Waals surface area contributed by atoms with Gasteiger partial charge in [-0.15, -0.1) is 0 Å². The summed E-state index contributed by atoms with van der Waals surface area (Å²) in [6, 6.07) is 14.2. The van der Waals surface area contributed by atoms with Gasteiger partial charge in [-0.3, -0.25) is 9.59 Å². The highest BCUT2D eigenvalue weighted by molar-refractivity contribution is 5.89. The van der Waals surface area contributed by atoms with Crippen molar-refractivity contribution in [3.8, 4) is 11.1 Å². The fourth-order valence-electron chi connectivity index (χ4n) is 4.23. The number of nitrogens with one attached hydrogen (secondary N) is 1. The van der Waals surface area contributed by atoms with Crippen LogP contribution in [-0.2, 0) is 14.3 Å². The molecule has 1 saturated heterocycles. The predicted molar refractivity (Wildman–Crippen MR) is 110 cm³/mol. The number of ether oxygens (including phenoxy) is 1. The first-order chi connectivity index (χ1) is 15.3. The Balaban J connectivity index is 1.40. The van der Waals surface area contributed by atoms with Gasteiger partial charge in [0.2, 0.25) is 12.3 Å². The van der Waals surface area contributed by atoms with E-state index in [0.717, 1.165) is 27.2 Å². The number of amides is 2. The van der Waals surface area contributed by atoms with Gasteiger partial charge in [-0.05, 0) is 22.3 Å². The molecule has 1 atom stereocenters. The Morgan fingerprint density at radius 1 is 1.03 bits per heavy atom. The van der Waals surface area contributed by atoms with E-state index < -0.39 is 42.8 Å². The van der Waals surface area contributed by atoms with Crippen LogP contribution in [0.5, 0.6) is 0 Å². The molecule has 1 unspecified atom stereocenters. The lowest BCUT2D eigenvalue weighted by Crippen LogP contribution is -2.59. The Labute approximate surface area is 183 Å². The zero-order valence-electron chi connectivity index (χ0n) is 17.0. The van der Waals surface area contributed by atoms with Crippen LogP contribution < -0.4 is 5.32 Å². The summed E-state index contributed by atoms with van der Waals surface area (Å²) in [6.07, 6.45) is -4.15. The molecule has 2 aromatic rings. The molecule has 2 aliphatic rings. The minimum absolute atomic E-state index is 0.00497. The number of hydrogen-bond acceptors (Lipinski definition) is 4. The molecule has 1 aliphatic carbocycles. The third kappa shape index (κ3) is 4.28. The molecule has 0 spiro atoms. The van der Waals surface area contributed by atoms with E-state index in [0.29, 0.717) is 0 Å². The molecule has 9 heteroatoms. The summed E-state index contributed by atoms with van der Waals surface area (Å²) in [6.45, 7) is -0.330. The largest absolute Gasteiger partial charge is 0.481 e. The summed E-state index contributed by atoms with van der Waals surface area (Å²) < 4.78 is 30.7. The second-order valence-corrected chi connectivity index (χ2v) is 7.96. The number of carboxylic acid groups (broad SMARTS) is 1. The molecular weight excluding hydrogens is 422 g/mol. The first-order valence-corrected chi connectivity index (χ1v) is 10.3. The maximum atomic E-state index is 12.7. The highest BCUT2D eigenvalue weighted by Crippen LogP contribution is 2.44. The van der Waals surface area contributed by atoms with Crippen LogP contribution in [0.4, 0.5) is 13.6 Å². The normalized spacial score (nSPS) is 16.2. The third-order valence-electron chi connectivity index (χ3n) is 5.89. The number of carbonyl (C=O) groups is 3. The molecular formula is C23H22F2N2O5. The molecule has 32 heavy (non-hydrogen) atoms. The number of alkyl halides is 2. The second kappa shape index (κ2) is 8.94. The van der Waals surface area contributed by atoms with Crippen LogP contribution in [0, 0.1) is 5.92 Å². The molecule has 168 valence electrons. The Kier molecular flexibility index (Phi) is 6.07. The summed E-state index contributed by atoms with van der Waals surface area (Å²) in [5.74, 6) is -3.13. The van der Waals surface area contributed by atoms with E-state index in [1.165, 1.54) is 0 Å². The molecule has 2 aromatic carbocycles. The fourth-order valence-corrected chi connectivity index (χ4v) is 4.23. The maximum Gasteiger partial charge on any atom is 0.407 e. The number of halogens is 2. The van der Waals surface area contributed by atoms with Crippen molar-refractivity contribution in [3.05, 3.63) is 59.7 Å². The SMILES string of the molecule is O=C(O)CC(NC(=O)OCC1c2ccccc2-c2ccccc21)C(=O)N1CC(C(F)F)C1. The van der Waals surface area contributed by atoms with E-state index in [9.17, 15) is 23.2 Å². The molecule has 1 heterocycles. The summed E-state index contributed by atoms with van der Waals surface area (Å²) in [5.41, 5.74) is 4.14. The molecule has 7 nitrogen and oxygen atoms in total. The lowest BCUT2D eigenvalue weighted by molar-refractivity contribution is -0.148. The monoisotopic (exact) mass is 444 g/mol. The Morgan fingerprint density at radius 2 is 1.59 bits per heavy atom. The number of rotatable bonds is 7. The van der Waals surface area contributed by atoms with Crippen LogP contribution in [0.2, 0.25) is 0 Å². The van der Waals surface area contributed by atoms with Gasteiger partial charge in [0.1, 0.15) is 12.6 Å². The quantitative estimate of drug-likeness (QED) is 0.684. The van der Waals surface area contributed by atoms with Gasteiger partial charge < -0.3 is 20.1 Å². The van der Waals surface area contributed by atoms with Crippen LogP contribution in [0.15, 0.2) is 48.5 Å². The van der Waals surface area contributed by atoms with Crippen LogP contribution in [-0.4, -0.2) is 60.1 Å². The topological polar surface area (TPSA) is 95.9 Å². The molecule has 0 bridgehead atoms. The predicted octanol–water partition coefficient (Wildman–Crippen LogP) is 3.09. The Morgan fingerprint density at radius 3 is 2.12 bits per heavy atom. The number of carboxylic acids is 1. The van der Waals surface area contributed by atoms with Gasteiger partial charge in [-0.1, -0.05) is 48.5 Å². The van der Waals surface area contributed by atoms with Gasteiger partial charge in [-0.25, -0.2) is 13.6 Å². The molecule has 2 amide bonds. The third-order valence-corrected chi connectivity index (χ3v) is 5.89. The number of benzene rings is 2. The molecule has 0 saturated carbocycles. The lowest BCUT2D eigenvalue weighted by Gasteiger charge is -2.40. The van der Waals surface area contributed by atoms with Gasteiger partial charge in [-0.2, -0.15) is 0 Å². The Hall–Kier alpha value is -3.49. The average molecular weight is 444 g/mol. The maximum absolute atomic E-state index is 12.7. The molecule has 1 aliphatic heterocycles. The van der Waals surface area contributed by atoms with Crippen molar-refractivity contribution in [1.29, 1.82) is 0 Å². The van der Waals surface area contributed by atoms with Crippen LogP contribution >= 0.6 is 0 Å². The second-order valence-electron chi connectivity index (χ2n) is 7.96. The standard InChI is InChI=1S/C23H22F2N2O5/c24-21(25)13-10-27(11-13)22(30)19(9-20(28)29)26-23(31)32-12-18-16-7-3-1-5-14(16)15-6-2-4-8-17(15)18/h1-8,13,18-19,21H,9-12H2,(H,26,31)(H,28,29). The smallest absolute Gasteiger partial charge is 0.407 e. The van der Waals surface area contributed by atoms with Crippen LogP contribution in [0.1, 0.15) is 23.5 Å². The molecule has 4 rings (SSSR count). The van der Waals surface area contributed by atoms with Crippen molar-refractivity contribution < 1.29 is 33.0 Å². The number of hydrogen-bond donors (Lipinski definition) is 2. The molecule has 1 fully saturated rings. The van der Waals surface area contributed by atoms with E-state index >= 15 is 0 Å². The fraction of sp³-hybridized carbons (Fsp3) is 0.348. The van der Waals surface area contributed by atoms with E-state index in [4.69, 9.17) is 9.84 Å². The van der Waals surface area contributed by atoms with Crippen molar-refractivity contribution in [2.24, 2.45) is 5.92 Å². The average Bonchev–Trinajstić information content (AvgIpc) is 3.04. The van der Waals surface area contributed by atoms with Gasteiger partial charge in [0.15, 0.2) is 0 Å². The number of aliphatic carboxylic acids is 1. The summed E-state index contributed by atoms with van der Waals surface area (Å²) in [7, 11) is 0. The number of carbonyl (C=O) groups excluding carboxylic acids is 2. The number of likely N-dealkylation sites (tertiary alicyclic amines) is 1. The summed E-state index contributed by atoms with van der Waals surface area (Å²) in [4.78, 5) is 37.2.